The van der Waals surface area contributed by atoms with Crippen molar-refractivity contribution in [2.24, 2.45) is 11.8 Å². The Kier molecular flexibility index (Phi) is 11.4. The van der Waals surface area contributed by atoms with Gasteiger partial charge >= 0.3 is 24.3 Å². The van der Waals surface area contributed by atoms with E-state index in [4.69, 9.17) is 24.5 Å². The molecular weight excluding hydrogens is 576 g/mol. The molecule has 3 heterocycles. The second-order valence-electron chi connectivity index (χ2n) is 8.62. The molecule has 2 aliphatic rings. The first kappa shape index (κ1) is 32.9. The van der Waals surface area contributed by atoms with Gasteiger partial charge in [-0.15, -0.1) is 0 Å². The summed E-state index contributed by atoms with van der Waals surface area (Å²) in [6, 6.07) is 12.5. The number of benzene rings is 1. The van der Waals surface area contributed by atoms with Crippen molar-refractivity contribution in [2.75, 3.05) is 26.2 Å². The third-order valence-corrected chi connectivity index (χ3v) is 7.16. The Hall–Kier alpha value is -3.28. The summed E-state index contributed by atoms with van der Waals surface area (Å²) in [4.78, 5) is 24.6. The quantitative estimate of drug-likeness (QED) is 0.426. The predicted octanol–water partition coefficient (Wildman–Crippen LogP) is 2.77. The molecule has 0 unspecified atom stereocenters. The van der Waals surface area contributed by atoms with Crippen LogP contribution in [0.15, 0.2) is 59.8 Å². The fraction of sp³-hybridized carbons (Fsp3) is 0.435. The molecule has 222 valence electrons. The second-order valence-corrected chi connectivity index (χ2v) is 10.4. The molecule has 0 radical (unpaired) electrons. The Morgan fingerprint density at radius 1 is 0.975 bits per heavy atom. The Labute approximate surface area is 224 Å². The summed E-state index contributed by atoms with van der Waals surface area (Å²) < 4.78 is 97.0. The van der Waals surface area contributed by atoms with Gasteiger partial charge in [-0.3, -0.25) is 9.88 Å². The van der Waals surface area contributed by atoms with Gasteiger partial charge in [0.1, 0.15) is 0 Å². The van der Waals surface area contributed by atoms with Gasteiger partial charge < -0.3 is 14.9 Å². The van der Waals surface area contributed by atoms with Crippen LogP contribution in [0, 0.1) is 11.8 Å². The fourth-order valence-corrected chi connectivity index (χ4v) is 4.98. The highest BCUT2D eigenvalue weighted by molar-refractivity contribution is 7.89. The Morgan fingerprint density at radius 3 is 2.05 bits per heavy atom. The molecule has 3 atom stereocenters. The lowest BCUT2D eigenvalue weighted by Crippen LogP contribution is -2.34. The molecule has 40 heavy (non-hydrogen) atoms. The summed E-state index contributed by atoms with van der Waals surface area (Å²) in [5.41, 5.74) is 1.19. The van der Waals surface area contributed by atoms with E-state index in [1.54, 1.807) is 30.5 Å². The Bertz CT molecular complexity index is 1190. The minimum Gasteiger partial charge on any atom is -0.475 e. The Balaban J connectivity index is 0.000000333. The van der Waals surface area contributed by atoms with E-state index in [1.165, 1.54) is 5.56 Å². The number of nitrogens with zero attached hydrogens (tertiary/aromatic N) is 2. The van der Waals surface area contributed by atoms with Crippen molar-refractivity contribution in [3.05, 3.63) is 60.4 Å². The van der Waals surface area contributed by atoms with Crippen LogP contribution in [-0.4, -0.2) is 85.2 Å². The predicted molar refractivity (Wildman–Crippen MR) is 125 cm³/mol. The second kappa shape index (κ2) is 13.9. The van der Waals surface area contributed by atoms with Crippen molar-refractivity contribution in [2.45, 2.75) is 29.9 Å². The average Bonchev–Trinajstić information content (AvgIpc) is 3.44. The van der Waals surface area contributed by atoms with Crippen molar-refractivity contribution >= 4 is 22.0 Å². The van der Waals surface area contributed by atoms with Crippen LogP contribution in [0.1, 0.15) is 5.56 Å². The van der Waals surface area contributed by atoms with Gasteiger partial charge in [-0.25, -0.2) is 22.7 Å². The van der Waals surface area contributed by atoms with Gasteiger partial charge in [0.15, 0.2) is 0 Å². The van der Waals surface area contributed by atoms with Gasteiger partial charge in [0.25, 0.3) is 0 Å². The van der Waals surface area contributed by atoms with E-state index < -0.39 is 34.3 Å². The van der Waals surface area contributed by atoms with E-state index in [0.717, 1.165) is 19.6 Å². The molecular formula is C23H25F6N3O7S. The molecule has 2 fully saturated rings. The number of sulfonamides is 1. The van der Waals surface area contributed by atoms with Crippen LogP contribution in [-0.2, 0) is 30.9 Å². The summed E-state index contributed by atoms with van der Waals surface area (Å²) in [7, 11) is -3.47. The van der Waals surface area contributed by atoms with Crippen LogP contribution >= 0.6 is 0 Å². The molecule has 17 heteroatoms. The standard InChI is InChI=1S/C19H23N3O3S.2C2HF3O2/c23-26(24,17-6-2-1-3-7-17)21-10-16-14-25-19-13-22(12-18(16)19)11-15-5-4-8-20-9-15;2*3-2(4,5)1(6)7/h1-9,16,18-19,21H,10-14H2;2*(H,6,7)/t16-,18-,19-;;/m1../s1. The van der Waals surface area contributed by atoms with Crippen LogP contribution in [0.5, 0.6) is 0 Å². The van der Waals surface area contributed by atoms with E-state index in [1.807, 2.05) is 18.3 Å². The number of aliphatic carboxylic acids is 2. The number of likely N-dealkylation sites (tertiary alicyclic amines) is 1. The number of carbonyl (C=O) groups is 2. The molecule has 1 aromatic heterocycles. The van der Waals surface area contributed by atoms with Gasteiger partial charge in [-0.2, -0.15) is 26.3 Å². The largest absolute Gasteiger partial charge is 0.490 e. The summed E-state index contributed by atoms with van der Waals surface area (Å²) in [5, 5.41) is 14.2. The van der Waals surface area contributed by atoms with E-state index in [9.17, 15) is 34.8 Å². The lowest BCUT2D eigenvalue weighted by Gasteiger charge is -2.20. The van der Waals surface area contributed by atoms with Gasteiger partial charge in [0, 0.05) is 50.4 Å². The molecule has 0 bridgehead atoms. The summed E-state index contributed by atoms with van der Waals surface area (Å²) in [5.74, 6) is -4.94. The van der Waals surface area contributed by atoms with E-state index in [2.05, 4.69) is 20.7 Å². The molecule has 4 rings (SSSR count). The number of aromatic nitrogens is 1. The number of rotatable bonds is 6. The fourth-order valence-electron chi connectivity index (χ4n) is 3.87. The number of hydrogen-bond acceptors (Lipinski definition) is 7. The number of hydrogen-bond donors (Lipinski definition) is 3. The van der Waals surface area contributed by atoms with E-state index >= 15 is 0 Å². The average molecular weight is 602 g/mol. The summed E-state index contributed by atoms with van der Waals surface area (Å²) >= 11 is 0. The lowest BCUT2D eigenvalue weighted by atomic mass is 9.93. The molecule has 1 aromatic carbocycles. The first-order valence-electron chi connectivity index (χ1n) is 11.4. The van der Waals surface area contributed by atoms with Crippen LogP contribution < -0.4 is 4.72 Å². The van der Waals surface area contributed by atoms with Gasteiger partial charge in [-0.05, 0) is 23.8 Å². The zero-order chi connectivity index (χ0) is 30.1. The van der Waals surface area contributed by atoms with E-state index in [-0.39, 0.29) is 12.0 Å². The van der Waals surface area contributed by atoms with Crippen molar-refractivity contribution < 1.29 is 59.3 Å². The van der Waals surface area contributed by atoms with Gasteiger partial charge in [0.05, 0.1) is 17.6 Å². The molecule has 10 nitrogen and oxygen atoms in total. The molecule has 3 N–H and O–H groups in total. The SMILES string of the molecule is O=C(O)C(F)(F)F.O=C(O)C(F)(F)F.O=S(=O)(NC[C@@H]1CO[C@@H]2CN(Cc3cccnc3)C[C@H]12)c1ccccc1. The first-order valence-corrected chi connectivity index (χ1v) is 12.9. The summed E-state index contributed by atoms with van der Waals surface area (Å²) in [6.45, 7) is 3.71. The van der Waals surface area contributed by atoms with Crippen molar-refractivity contribution in [3.63, 3.8) is 0 Å². The maximum absolute atomic E-state index is 12.4. The maximum atomic E-state index is 12.4. The third-order valence-electron chi connectivity index (χ3n) is 5.72. The number of carboxylic acid groups (broad SMARTS) is 2. The number of alkyl halides is 6. The monoisotopic (exact) mass is 601 g/mol. The molecule has 2 aliphatic heterocycles. The summed E-state index contributed by atoms with van der Waals surface area (Å²) in [6.07, 6.45) is -6.31. The molecule has 0 saturated carbocycles. The highest BCUT2D eigenvalue weighted by Gasteiger charge is 2.44. The minimum atomic E-state index is -5.08. The number of pyridine rings is 1. The van der Waals surface area contributed by atoms with Crippen molar-refractivity contribution in [3.8, 4) is 0 Å². The maximum Gasteiger partial charge on any atom is 0.490 e. The van der Waals surface area contributed by atoms with Crippen LogP contribution in [0.4, 0.5) is 26.3 Å². The Morgan fingerprint density at radius 2 is 1.55 bits per heavy atom. The van der Waals surface area contributed by atoms with Crippen molar-refractivity contribution in [1.29, 1.82) is 0 Å². The zero-order valence-corrected chi connectivity index (χ0v) is 21.3. The molecule has 0 amide bonds. The lowest BCUT2D eigenvalue weighted by molar-refractivity contribution is -0.193. The highest BCUT2D eigenvalue weighted by atomic mass is 32.2. The zero-order valence-electron chi connectivity index (χ0n) is 20.5. The third kappa shape index (κ3) is 10.4. The number of carboxylic acids is 2. The molecule has 2 aromatic rings. The molecule has 0 spiro atoms. The van der Waals surface area contributed by atoms with Gasteiger partial charge in [-0.1, -0.05) is 24.3 Å². The number of halogens is 6. The smallest absolute Gasteiger partial charge is 0.475 e. The van der Waals surface area contributed by atoms with E-state index in [0.29, 0.717) is 24.0 Å². The van der Waals surface area contributed by atoms with Crippen LogP contribution in [0.3, 0.4) is 0 Å². The molecule has 2 saturated heterocycles. The van der Waals surface area contributed by atoms with Crippen molar-refractivity contribution in [1.82, 2.24) is 14.6 Å². The first-order chi connectivity index (χ1) is 18.5. The topological polar surface area (TPSA) is 146 Å². The van der Waals surface area contributed by atoms with Crippen LogP contribution in [0.25, 0.3) is 0 Å². The number of nitrogens with one attached hydrogen (secondary N) is 1. The normalized spacial score (nSPS) is 20.9. The number of ether oxygens (including phenoxy) is 1. The minimum absolute atomic E-state index is 0.193. The number of fused-ring (bicyclic) bond motifs is 1. The molecule has 0 aliphatic carbocycles. The van der Waals surface area contributed by atoms with Crippen LogP contribution in [0.2, 0.25) is 0 Å². The highest BCUT2D eigenvalue weighted by Crippen LogP contribution is 2.34. The van der Waals surface area contributed by atoms with Gasteiger partial charge in [0.2, 0.25) is 10.0 Å².